The Labute approximate surface area is 187 Å². The Morgan fingerprint density at radius 3 is 2.69 bits per heavy atom. The molecule has 0 saturated heterocycles. The highest BCUT2D eigenvalue weighted by Crippen LogP contribution is 2.40. The molecule has 0 unspecified atom stereocenters. The maximum Gasteiger partial charge on any atom is 0.291 e. The second-order valence-electron chi connectivity index (χ2n) is 8.40. The lowest BCUT2D eigenvalue weighted by atomic mass is 9.83. The van der Waals surface area contributed by atoms with Crippen molar-refractivity contribution in [1.82, 2.24) is 5.32 Å². The zero-order chi connectivity index (χ0) is 22.8. The van der Waals surface area contributed by atoms with Crippen molar-refractivity contribution in [2.45, 2.75) is 52.6 Å². The average Bonchev–Trinajstić information content (AvgIpc) is 3.19. The molecule has 7 nitrogen and oxygen atoms in total. The lowest BCUT2D eigenvalue weighted by molar-refractivity contribution is -0.118. The Morgan fingerprint density at radius 1 is 1.28 bits per heavy atom. The normalized spacial score (nSPS) is 17.5. The fraction of sp³-hybridized carbons (Fsp3) is 0.400. The van der Waals surface area contributed by atoms with Crippen molar-refractivity contribution in [3.8, 4) is 5.75 Å². The molecule has 0 spiro atoms. The minimum atomic E-state index is -0.419. The Balaban J connectivity index is 1.59. The van der Waals surface area contributed by atoms with Crippen molar-refractivity contribution in [3.05, 3.63) is 57.6 Å². The van der Waals surface area contributed by atoms with Gasteiger partial charge in [0.25, 0.3) is 5.91 Å². The van der Waals surface area contributed by atoms with Gasteiger partial charge in [0, 0.05) is 17.9 Å². The summed E-state index contributed by atoms with van der Waals surface area (Å²) in [5, 5.41) is 15.8. The van der Waals surface area contributed by atoms with Gasteiger partial charge in [0.05, 0.1) is 6.10 Å². The van der Waals surface area contributed by atoms with Crippen molar-refractivity contribution in [2.24, 2.45) is 4.99 Å². The highest BCUT2D eigenvalue weighted by Gasteiger charge is 2.26. The minimum Gasteiger partial charge on any atom is -0.508 e. The molecule has 2 aromatic carbocycles. The lowest BCUT2D eigenvalue weighted by Crippen LogP contribution is -2.35. The molecule has 0 aromatic heterocycles. The van der Waals surface area contributed by atoms with Gasteiger partial charge in [-0.05, 0) is 92.5 Å². The summed E-state index contributed by atoms with van der Waals surface area (Å²) in [6, 6.07) is 7.67. The van der Waals surface area contributed by atoms with Crippen LogP contribution in [0.2, 0.25) is 0 Å². The number of carbonyl (C=O) groups is 2. The van der Waals surface area contributed by atoms with E-state index in [0.29, 0.717) is 18.0 Å². The van der Waals surface area contributed by atoms with E-state index in [1.807, 2.05) is 39.0 Å². The summed E-state index contributed by atoms with van der Waals surface area (Å²) in [5.74, 6) is -0.331. The molecular formula is C25H29N3O4. The monoisotopic (exact) mass is 435 g/mol. The standard InChI is InChI=1S/C25H29N3O4/c1-4-32-21-7-5-6-18-16(8-9-20(29)23(18)21)12-19-14(2)10-17(11-15(19)3)27-25(31)24-26-13-22(30)28-24/h8-11,21,29H,4-7,12-13H2,1-3H3,(H,27,31)(H,26,28,30)/t21-/m1/s1. The summed E-state index contributed by atoms with van der Waals surface area (Å²) in [4.78, 5) is 27.5. The number of nitrogens with one attached hydrogen (secondary N) is 2. The van der Waals surface area contributed by atoms with Gasteiger partial charge in [-0.15, -0.1) is 0 Å². The molecule has 1 heterocycles. The number of carbonyl (C=O) groups excluding carboxylic acids is 2. The third kappa shape index (κ3) is 4.39. The molecule has 2 amide bonds. The van der Waals surface area contributed by atoms with E-state index in [1.54, 1.807) is 6.07 Å². The summed E-state index contributed by atoms with van der Waals surface area (Å²) in [7, 11) is 0. The van der Waals surface area contributed by atoms with Crippen LogP contribution in [0.1, 0.15) is 59.3 Å². The Bertz CT molecular complexity index is 1080. The van der Waals surface area contributed by atoms with E-state index < -0.39 is 5.91 Å². The molecule has 1 aliphatic carbocycles. The topological polar surface area (TPSA) is 100 Å². The van der Waals surface area contributed by atoms with Crippen LogP contribution >= 0.6 is 0 Å². The number of benzene rings is 2. The van der Waals surface area contributed by atoms with Crippen molar-refractivity contribution < 1.29 is 19.4 Å². The first-order valence-corrected chi connectivity index (χ1v) is 11.1. The fourth-order valence-electron chi connectivity index (χ4n) is 4.71. The Morgan fingerprint density at radius 2 is 2.03 bits per heavy atom. The summed E-state index contributed by atoms with van der Waals surface area (Å²) < 4.78 is 5.91. The molecule has 1 aliphatic heterocycles. The van der Waals surface area contributed by atoms with E-state index in [-0.39, 0.29) is 24.4 Å². The average molecular weight is 436 g/mol. The van der Waals surface area contributed by atoms with Gasteiger partial charge in [-0.2, -0.15) is 0 Å². The van der Waals surface area contributed by atoms with Crippen LogP contribution in [0.5, 0.6) is 5.75 Å². The van der Waals surface area contributed by atoms with Crippen LogP contribution in [0.15, 0.2) is 29.3 Å². The highest BCUT2D eigenvalue weighted by molar-refractivity contribution is 6.45. The quantitative estimate of drug-likeness (QED) is 0.647. The van der Waals surface area contributed by atoms with Crippen LogP contribution < -0.4 is 10.6 Å². The van der Waals surface area contributed by atoms with Crippen molar-refractivity contribution >= 4 is 23.3 Å². The first kappa shape index (κ1) is 22.0. The SMILES string of the molecule is CCO[C@@H]1CCCc2c(Cc3c(C)cc(NC(=O)C4=NCC(=O)N4)cc3C)ccc(O)c21. The number of nitrogens with zero attached hydrogens (tertiary/aromatic N) is 1. The van der Waals surface area contributed by atoms with Gasteiger partial charge in [0.15, 0.2) is 5.84 Å². The molecule has 0 saturated carbocycles. The van der Waals surface area contributed by atoms with Crippen LogP contribution in [0.4, 0.5) is 5.69 Å². The molecule has 0 radical (unpaired) electrons. The number of aliphatic imine (C=N–C) groups is 1. The molecule has 32 heavy (non-hydrogen) atoms. The zero-order valence-corrected chi connectivity index (χ0v) is 18.7. The van der Waals surface area contributed by atoms with Crippen molar-refractivity contribution in [3.63, 3.8) is 0 Å². The van der Waals surface area contributed by atoms with E-state index >= 15 is 0 Å². The smallest absolute Gasteiger partial charge is 0.291 e. The molecule has 168 valence electrons. The van der Waals surface area contributed by atoms with E-state index in [4.69, 9.17) is 4.74 Å². The summed E-state index contributed by atoms with van der Waals surface area (Å²) in [6.07, 6.45) is 3.59. The lowest BCUT2D eigenvalue weighted by Gasteiger charge is -2.28. The summed E-state index contributed by atoms with van der Waals surface area (Å²) in [5.41, 5.74) is 7.33. The number of phenolic OH excluding ortho intramolecular Hbond substituents is 1. The predicted octanol–water partition coefficient (Wildman–Crippen LogP) is 3.48. The number of hydrogen-bond acceptors (Lipinski definition) is 5. The van der Waals surface area contributed by atoms with E-state index in [1.165, 1.54) is 16.7 Å². The number of phenols is 1. The minimum absolute atomic E-state index is 0.0130. The second kappa shape index (κ2) is 9.12. The fourth-order valence-corrected chi connectivity index (χ4v) is 4.71. The molecule has 4 rings (SSSR count). The van der Waals surface area contributed by atoms with Gasteiger partial charge in [-0.25, -0.2) is 0 Å². The first-order chi connectivity index (χ1) is 15.4. The number of hydrogen-bond donors (Lipinski definition) is 3. The number of amides is 2. The first-order valence-electron chi connectivity index (χ1n) is 11.1. The molecule has 2 aliphatic rings. The summed E-state index contributed by atoms with van der Waals surface area (Å²) >= 11 is 0. The number of anilines is 1. The number of amidine groups is 1. The molecule has 0 fully saturated rings. The van der Waals surface area contributed by atoms with Gasteiger partial charge in [-0.3, -0.25) is 14.6 Å². The van der Waals surface area contributed by atoms with Crippen molar-refractivity contribution in [2.75, 3.05) is 18.5 Å². The number of aryl methyl sites for hydroxylation is 2. The third-order valence-electron chi connectivity index (χ3n) is 6.19. The van der Waals surface area contributed by atoms with E-state index in [9.17, 15) is 14.7 Å². The molecule has 7 heteroatoms. The maximum absolute atomic E-state index is 12.3. The van der Waals surface area contributed by atoms with Gasteiger partial charge in [-0.1, -0.05) is 6.07 Å². The third-order valence-corrected chi connectivity index (χ3v) is 6.19. The molecule has 3 N–H and O–H groups in total. The largest absolute Gasteiger partial charge is 0.508 e. The van der Waals surface area contributed by atoms with Crippen LogP contribution in [0, 0.1) is 13.8 Å². The van der Waals surface area contributed by atoms with Gasteiger partial charge < -0.3 is 20.5 Å². The number of aromatic hydroxyl groups is 1. The maximum atomic E-state index is 12.3. The molecule has 0 bridgehead atoms. The molecule has 1 atom stereocenters. The second-order valence-corrected chi connectivity index (χ2v) is 8.40. The summed E-state index contributed by atoms with van der Waals surface area (Å²) in [6.45, 7) is 6.65. The van der Waals surface area contributed by atoms with Gasteiger partial charge in [0.2, 0.25) is 5.91 Å². The van der Waals surface area contributed by atoms with Crippen LogP contribution in [-0.4, -0.2) is 35.9 Å². The Hall–Kier alpha value is -3.19. The molecular weight excluding hydrogens is 406 g/mol. The van der Waals surface area contributed by atoms with Crippen LogP contribution in [-0.2, 0) is 27.2 Å². The predicted molar refractivity (Wildman–Crippen MR) is 123 cm³/mol. The van der Waals surface area contributed by atoms with Crippen LogP contribution in [0.25, 0.3) is 0 Å². The zero-order valence-electron chi connectivity index (χ0n) is 18.7. The number of fused-ring (bicyclic) bond motifs is 1. The number of ether oxygens (including phenoxy) is 1. The number of rotatable bonds is 6. The van der Waals surface area contributed by atoms with Crippen LogP contribution in [0.3, 0.4) is 0 Å². The van der Waals surface area contributed by atoms with Gasteiger partial charge >= 0.3 is 0 Å². The van der Waals surface area contributed by atoms with Crippen molar-refractivity contribution in [1.29, 1.82) is 0 Å². The molecule has 2 aromatic rings. The van der Waals surface area contributed by atoms with E-state index in [2.05, 4.69) is 15.6 Å². The Kier molecular flexibility index (Phi) is 6.28. The van der Waals surface area contributed by atoms with E-state index in [0.717, 1.165) is 42.4 Å². The van der Waals surface area contributed by atoms with Gasteiger partial charge in [0.1, 0.15) is 12.3 Å². The highest BCUT2D eigenvalue weighted by atomic mass is 16.5.